The molecule has 0 aromatic heterocycles. The smallest absolute Gasteiger partial charge is 0.0866 e. The Balaban J connectivity index is 2.92. The molecule has 8 heavy (non-hydrogen) atoms. The highest BCUT2D eigenvalue weighted by molar-refractivity contribution is 4.13. The van der Waals surface area contributed by atoms with Gasteiger partial charge < -0.3 is 14.6 Å². The summed E-state index contributed by atoms with van der Waals surface area (Å²) >= 11 is 0. The first-order valence-electron chi connectivity index (χ1n) is 2.70. The summed E-state index contributed by atoms with van der Waals surface area (Å²) in [6.07, 6.45) is 0. The number of hydrogen-bond donors (Lipinski definition) is 0. The second-order valence-electron chi connectivity index (χ2n) is 1.20. The fraction of sp³-hybridized carbons (Fsp3) is 1.00. The lowest BCUT2D eigenvalue weighted by Gasteiger charge is -2.20. The van der Waals surface area contributed by atoms with Crippen LogP contribution < -0.4 is 5.11 Å². The van der Waals surface area contributed by atoms with E-state index in [0.717, 1.165) is 0 Å². The fourth-order valence-corrected chi connectivity index (χ4v) is 0.320. The zero-order valence-corrected chi connectivity index (χ0v) is 5.22. The standard InChI is InChI=1S/C5H11O3/c1-3-7-5(6)8-4-2/h5H,3-4H2,1-2H3/q-1. The first-order chi connectivity index (χ1) is 3.81. The largest absolute Gasteiger partial charge is 0.809 e. The lowest BCUT2D eigenvalue weighted by molar-refractivity contribution is -0.563. The van der Waals surface area contributed by atoms with Crippen LogP contribution in [-0.2, 0) is 9.47 Å². The Morgan fingerprint density at radius 1 is 1.25 bits per heavy atom. The molecular formula is C5H11O3-. The normalized spacial score (nSPS) is 10.5. The van der Waals surface area contributed by atoms with Crippen molar-refractivity contribution >= 4 is 0 Å². The highest BCUT2D eigenvalue weighted by Crippen LogP contribution is 1.82. The minimum Gasteiger partial charge on any atom is -0.809 e. The first-order valence-corrected chi connectivity index (χ1v) is 2.70. The van der Waals surface area contributed by atoms with Gasteiger partial charge in [0.05, 0.1) is 6.48 Å². The minimum absolute atomic E-state index is 0.411. The van der Waals surface area contributed by atoms with E-state index in [1.165, 1.54) is 0 Å². The van der Waals surface area contributed by atoms with Crippen LogP contribution in [0, 0.1) is 0 Å². The SMILES string of the molecule is CCOC([O-])OCC. The van der Waals surface area contributed by atoms with Gasteiger partial charge >= 0.3 is 0 Å². The maximum atomic E-state index is 10.3. The van der Waals surface area contributed by atoms with E-state index < -0.39 is 6.48 Å². The summed E-state index contributed by atoms with van der Waals surface area (Å²) in [6.45, 7) is 3.04. The molecule has 0 bridgehead atoms. The Morgan fingerprint density at radius 3 is 1.88 bits per heavy atom. The second-order valence-corrected chi connectivity index (χ2v) is 1.20. The summed E-state index contributed by atoms with van der Waals surface area (Å²) in [5.74, 6) is 0. The van der Waals surface area contributed by atoms with Crippen molar-refractivity contribution in [3.63, 3.8) is 0 Å². The zero-order chi connectivity index (χ0) is 6.41. The molecule has 0 fully saturated rings. The van der Waals surface area contributed by atoms with Crippen LogP contribution in [0.3, 0.4) is 0 Å². The predicted molar refractivity (Wildman–Crippen MR) is 27.0 cm³/mol. The summed E-state index contributed by atoms with van der Waals surface area (Å²) < 4.78 is 9.01. The zero-order valence-electron chi connectivity index (χ0n) is 5.22. The van der Waals surface area contributed by atoms with E-state index in [-0.39, 0.29) is 0 Å². The van der Waals surface area contributed by atoms with Crippen molar-refractivity contribution in [3.05, 3.63) is 0 Å². The summed E-state index contributed by atoms with van der Waals surface area (Å²) in [6, 6.07) is 0. The molecule has 3 nitrogen and oxygen atoms in total. The number of ether oxygens (including phenoxy) is 2. The van der Waals surface area contributed by atoms with Crippen LogP contribution in [0.5, 0.6) is 0 Å². The van der Waals surface area contributed by atoms with Crippen LogP contribution in [-0.4, -0.2) is 19.7 Å². The van der Waals surface area contributed by atoms with Crippen LogP contribution in [0.4, 0.5) is 0 Å². The summed E-state index contributed by atoms with van der Waals surface area (Å²) in [5, 5.41) is 10.3. The third-order valence-electron chi connectivity index (χ3n) is 0.605. The van der Waals surface area contributed by atoms with Crippen LogP contribution in [0.1, 0.15) is 13.8 Å². The Kier molecular flexibility index (Phi) is 4.95. The van der Waals surface area contributed by atoms with Gasteiger partial charge in [0.2, 0.25) is 0 Å². The van der Waals surface area contributed by atoms with Crippen LogP contribution in [0.25, 0.3) is 0 Å². The van der Waals surface area contributed by atoms with Gasteiger partial charge in [-0.05, 0) is 13.8 Å². The molecule has 0 saturated carbocycles. The molecule has 0 radical (unpaired) electrons. The van der Waals surface area contributed by atoms with Gasteiger partial charge in [-0.2, -0.15) is 0 Å². The van der Waals surface area contributed by atoms with E-state index in [9.17, 15) is 5.11 Å². The Hall–Kier alpha value is -0.120. The van der Waals surface area contributed by atoms with Gasteiger partial charge in [0.15, 0.2) is 0 Å². The van der Waals surface area contributed by atoms with Gasteiger partial charge in [0, 0.05) is 13.2 Å². The van der Waals surface area contributed by atoms with Gasteiger partial charge in [0.25, 0.3) is 0 Å². The Bertz CT molecular complexity index is 40.9. The third kappa shape index (κ3) is 4.05. The van der Waals surface area contributed by atoms with E-state index >= 15 is 0 Å². The average molecular weight is 119 g/mol. The second kappa shape index (κ2) is 5.03. The van der Waals surface area contributed by atoms with Crippen molar-refractivity contribution in [1.29, 1.82) is 0 Å². The maximum absolute atomic E-state index is 10.3. The van der Waals surface area contributed by atoms with E-state index in [0.29, 0.717) is 13.2 Å². The molecule has 0 aliphatic carbocycles. The van der Waals surface area contributed by atoms with Crippen LogP contribution >= 0.6 is 0 Å². The molecule has 0 aliphatic rings. The van der Waals surface area contributed by atoms with E-state index in [1.54, 1.807) is 13.8 Å². The monoisotopic (exact) mass is 119 g/mol. The highest BCUT2D eigenvalue weighted by Gasteiger charge is 1.86. The molecule has 0 atom stereocenters. The first kappa shape index (κ1) is 7.88. The number of hydrogen-bond acceptors (Lipinski definition) is 3. The molecule has 0 amide bonds. The maximum Gasteiger partial charge on any atom is 0.0866 e. The van der Waals surface area contributed by atoms with Gasteiger partial charge in [-0.15, -0.1) is 0 Å². The van der Waals surface area contributed by atoms with E-state index in [4.69, 9.17) is 0 Å². The Labute approximate surface area is 49.2 Å². The van der Waals surface area contributed by atoms with Crippen molar-refractivity contribution in [3.8, 4) is 0 Å². The van der Waals surface area contributed by atoms with Crippen LogP contribution in [0.2, 0.25) is 0 Å². The van der Waals surface area contributed by atoms with Crippen molar-refractivity contribution in [1.82, 2.24) is 0 Å². The van der Waals surface area contributed by atoms with Crippen molar-refractivity contribution in [2.45, 2.75) is 20.3 Å². The highest BCUT2D eigenvalue weighted by atomic mass is 16.8. The molecule has 0 rings (SSSR count). The molecular weight excluding hydrogens is 108 g/mol. The quantitative estimate of drug-likeness (QED) is 0.477. The average Bonchev–Trinajstić information content (AvgIpc) is 1.68. The van der Waals surface area contributed by atoms with Crippen molar-refractivity contribution < 1.29 is 14.6 Å². The lowest BCUT2D eigenvalue weighted by Crippen LogP contribution is -2.31. The fourth-order valence-electron chi connectivity index (χ4n) is 0.320. The molecule has 50 valence electrons. The minimum atomic E-state index is -1.29. The molecule has 0 heterocycles. The summed E-state index contributed by atoms with van der Waals surface area (Å²) in [7, 11) is 0. The lowest BCUT2D eigenvalue weighted by atomic mass is 10.8. The topological polar surface area (TPSA) is 41.5 Å². The molecule has 0 aromatic carbocycles. The molecule has 0 aliphatic heterocycles. The third-order valence-corrected chi connectivity index (χ3v) is 0.605. The summed E-state index contributed by atoms with van der Waals surface area (Å²) in [5.41, 5.74) is 0. The molecule has 0 saturated heterocycles. The molecule has 0 N–H and O–H groups in total. The Morgan fingerprint density at radius 2 is 1.62 bits per heavy atom. The van der Waals surface area contributed by atoms with Crippen molar-refractivity contribution in [2.24, 2.45) is 0 Å². The van der Waals surface area contributed by atoms with Gasteiger partial charge in [0.1, 0.15) is 0 Å². The molecule has 3 heteroatoms. The predicted octanol–water partition coefficient (Wildman–Crippen LogP) is -0.297. The number of rotatable bonds is 4. The van der Waals surface area contributed by atoms with Gasteiger partial charge in [-0.25, -0.2) is 0 Å². The van der Waals surface area contributed by atoms with E-state index in [2.05, 4.69) is 9.47 Å². The van der Waals surface area contributed by atoms with Gasteiger partial charge in [-0.3, -0.25) is 0 Å². The van der Waals surface area contributed by atoms with Crippen LogP contribution in [0.15, 0.2) is 0 Å². The van der Waals surface area contributed by atoms with Gasteiger partial charge in [-0.1, -0.05) is 0 Å². The molecule has 0 spiro atoms. The summed E-state index contributed by atoms with van der Waals surface area (Å²) in [4.78, 5) is 0. The molecule has 0 aromatic rings. The van der Waals surface area contributed by atoms with E-state index in [1.807, 2.05) is 0 Å². The molecule has 0 unspecified atom stereocenters. The van der Waals surface area contributed by atoms with Crippen molar-refractivity contribution in [2.75, 3.05) is 13.2 Å².